The van der Waals surface area contributed by atoms with E-state index < -0.39 is 23.3 Å². The van der Waals surface area contributed by atoms with Crippen LogP contribution >= 0.6 is 0 Å². The Morgan fingerprint density at radius 2 is 1.83 bits per heavy atom. The maximum Gasteiger partial charge on any atom is 1.00 e. The molecule has 0 saturated heterocycles. The molecule has 5 nitrogen and oxygen atoms in total. The van der Waals surface area contributed by atoms with E-state index in [4.69, 9.17) is 0 Å². The monoisotopic (exact) mass is 262 g/mol. The van der Waals surface area contributed by atoms with Crippen molar-refractivity contribution in [1.29, 1.82) is 0 Å². The molecule has 1 aliphatic heterocycles. The number of nitrogens with one attached hydrogen (secondary N) is 1. The maximum absolute atomic E-state index is 12.1. The Labute approximate surface area is 130 Å². The maximum atomic E-state index is 12.1. The summed E-state index contributed by atoms with van der Waals surface area (Å²) in [6.45, 7) is 5.81. The van der Waals surface area contributed by atoms with Crippen molar-refractivity contribution in [3.05, 3.63) is 0 Å². The molecular weight excluding hydrogens is 243 g/mol. The summed E-state index contributed by atoms with van der Waals surface area (Å²) >= 11 is 0. The molecule has 1 unspecified atom stereocenters. The quantitative estimate of drug-likeness (QED) is 0.442. The van der Waals surface area contributed by atoms with Gasteiger partial charge in [-0.05, 0) is 12.3 Å². The number of aliphatic imine (C=N–C) groups is 1. The van der Waals surface area contributed by atoms with E-state index >= 15 is 0 Å². The molecule has 1 aliphatic rings. The van der Waals surface area contributed by atoms with Gasteiger partial charge >= 0.3 is 29.6 Å². The summed E-state index contributed by atoms with van der Waals surface area (Å²) < 4.78 is 0. The third-order valence-electron chi connectivity index (χ3n) is 3.54. The van der Waals surface area contributed by atoms with Crippen molar-refractivity contribution in [2.45, 2.75) is 46.5 Å². The van der Waals surface area contributed by atoms with Crippen LogP contribution in [0.3, 0.4) is 0 Å². The Morgan fingerprint density at radius 1 is 1.28 bits per heavy atom. The van der Waals surface area contributed by atoms with Crippen molar-refractivity contribution in [3.8, 4) is 0 Å². The fraction of sp³-hybridized carbons (Fsp3) is 0.750. The summed E-state index contributed by atoms with van der Waals surface area (Å²) in [7, 11) is 0. The number of hydrogen-bond acceptors (Lipinski definition) is 3. The van der Waals surface area contributed by atoms with E-state index in [2.05, 4.69) is 10.3 Å². The van der Waals surface area contributed by atoms with Crippen molar-refractivity contribution < 1.29 is 44.3 Å². The number of carbonyl (C=O) groups is 2. The smallest absolute Gasteiger partial charge is 0.846 e. The molecule has 18 heavy (non-hydrogen) atoms. The van der Waals surface area contributed by atoms with Gasteiger partial charge < -0.3 is 10.4 Å². The molecule has 2 amide bonds. The molecule has 1 atom stereocenters. The summed E-state index contributed by atoms with van der Waals surface area (Å²) in [6.07, 6.45) is 2.60. The zero-order valence-electron chi connectivity index (χ0n) is 11.6. The number of hydrogen-bond donors (Lipinski definition) is 1. The third-order valence-corrected chi connectivity index (χ3v) is 3.54. The minimum atomic E-state index is -1.13. The number of carbonyl (C=O) groups excluding carboxylic acids is 2. The summed E-state index contributed by atoms with van der Waals surface area (Å²) in [6, 6.07) is -0.835. The molecule has 0 aromatic carbocycles. The summed E-state index contributed by atoms with van der Waals surface area (Å²) in [5, 5.41) is 13.2. The van der Waals surface area contributed by atoms with Crippen LogP contribution in [0.15, 0.2) is 4.99 Å². The van der Waals surface area contributed by atoms with Gasteiger partial charge in [0.2, 0.25) is 5.91 Å². The molecule has 0 aliphatic carbocycles. The first-order chi connectivity index (χ1) is 8.02. The number of amides is 2. The Kier molecular flexibility index (Phi) is 7.10. The molecule has 0 spiro atoms. The van der Waals surface area contributed by atoms with Crippen LogP contribution in [0.5, 0.6) is 0 Å². The fourth-order valence-electron chi connectivity index (χ4n) is 2.69. The van der Waals surface area contributed by atoms with Crippen molar-refractivity contribution >= 4 is 17.8 Å². The Balaban J connectivity index is 0.00000289. The SMILES string of the molecule is CCCC1(C(CC)CC)C(=O)N=C([O-])NC1=O.[Na+]. The summed E-state index contributed by atoms with van der Waals surface area (Å²) in [5.41, 5.74) is -1.13. The molecule has 0 saturated carbocycles. The van der Waals surface area contributed by atoms with Crippen LogP contribution in [0.2, 0.25) is 0 Å². The predicted molar refractivity (Wildman–Crippen MR) is 62.0 cm³/mol. The van der Waals surface area contributed by atoms with Gasteiger partial charge in [-0.25, -0.2) is 4.99 Å². The molecule has 0 aromatic rings. The third kappa shape index (κ3) is 2.95. The molecule has 0 aromatic heterocycles. The molecule has 1 rings (SSSR count). The topological polar surface area (TPSA) is 81.6 Å². The van der Waals surface area contributed by atoms with Crippen LogP contribution in [-0.4, -0.2) is 17.8 Å². The van der Waals surface area contributed by atoms with E-state index in [1.807, 2.05) is 20.8 Å². The minimum absolute atomic E-state index is 0. The largest absolute Gasteiger partial charge is 1.00 e. The van der Waals surface area contributed by atoms with Gasteiger partial charge in [0.1, 0.15) is 5.41 Å². The van der Waals surface area contributed by atoms with Gasteiger partial charge in [-0.15, -0.1) is 0 Å². The Bertz CT molecular complexity index is 353. The molecule has 96 valence electrons. The standard InChI is InChI=1S/C12H20N2O3.Na/c1-4-7-12(8(5-2)6-3)9(15)13-11(17)14-10(12)16;/h8H,4-7H2,1-3H3,(H2,13,14,15,16,17);/q;+1/p-1. The second-order valence-corrected chi connectivity index (χ2v) is 4.41. The first kappa shape index (κ1) is 17.6. The molecule has 1 N–H and O–H groups in total. The van der Waals surface area contributed by atoms with Crippen LogP contribution in [0.4, 0.5) is 0 Å². The van der Waals surface area contributed by atoms with Crippen LogP contribution < -0.4 is 40.0 Å². The number of rotatable bonds is 5. The van der Waals surface area contributed by atoms with Gasteiger partial charge in [-0.3, -0.25) is 9.59 Å². The zero-order chi connectivity index (χ0) is 13.1. The zero-order valence-corrected chi connectivity index (χ0v) is 13.6. The van der Waals surface area contributed by atoms with Gasteiger partial charge in [0, 0.05) is 0 Å². The second-order valence-electron chi connectivity index (χ2n) is 4.41. The van der Waals surface area contributed by atoms with E-state index in [9.17, 15) is 14.7 Å². The van der Waals surface area contributed by atoms with Crippen molar-refractivity contribution in [2.75, 3.05) is 0 Å². The van der Waals surface area contributed by atoms with E-state index in [0.717, 1.165) is 12.8 Å². The Hall–Kier alpha value is -0.390. The number of nitrogens with zero attached hydrogens (tertiary/aromatic N) is 1. The van der Waals surface area contributed by atoms with Crippen LogP contribution in [0.25, 0.3) is 0 Å². The molecule has 0 fully saturated rings. The van der Waals surface area contributed by atoms with Gasteiger partial charge in [0.25, 0.3) is 5.91 Å². The van der Waals surface area contributed by atoms with E-state index in [0.29, 0.717) is 12.8 Å². The van der Waals surface area contributed by atoms with E-state index in [1.54, 1.807) is 0 Å². The van der Waals surface area contributed by atoms with Crippen molar-refractivity contribution in [2.24, 2.45) is 16.3 Å². The summed E-state index contributed by atoms with van der Waals surface area (Å²) in [4.78, 5) is 27.5. The van der Waals surface area contributed by atoms with Crippen LogP contribution in [0, 0.1) is 11.3 Å². The molecule has 0 bridgehead atoms. The normalized spacial score (nSPS) is 23.4. The van der Waals surface area contributed by atoms with Crippen molar-refractivity contribution in [3.63, 3.8) is 0 Å². The van der Waals surface area contributed by atoms with E-state index in [-0.39, 0.29) is 35.5 Å². The average molecular weight is 262 g/mol. The molecule has 0 radical (unpaired) electrons. The number of amidine groups is 1. The fourth-order valence-corrected chi connectivity index (χ4v) is 2.69. The minimum Gasteiger partial charge on any atom is -0.846 e. The molecule has 1 heterocycles. The first-order valence-corrected chi connectivity index (χ1v) is 6.14. The first-order valence-electron chi connectivity index (χ1n) is 6.14. The van der Waals surface area contributed by atoms with Gasteiger partial charge in [0.15, 0.2) is 0 Å². The van der Waals surface area contributed by atoms with Crippen molar-refractivity contribution in [1.82, 2.24) is 5.32 Å². The summed E-state index contributed by atoms with van der Waals surface area (Å²) in [5.74, 6) is -1.10. The van der Waals surface area contributed by atoms with Gasteiger partial charge in [-0.1, -0.05) is 40.0 Å². The Morgan fingerprint density at radius 3 is 2.22 bits per heavy atom. The predicted octanol–water partition coefficient (Wildman–Crippen LogP) is -2.41. The molecular formula is C12H19N2NaO3. The van der Waals surface area contributed by atoms with Crippen LogP contribution in [0.1, 0.15) is 46.5 Å². The second kappa shape index (κ2) is 7.26. The molecule has 6 heteroatoms. The van der Waals surface area contributed by atoms with Crippen LogP contribution in [-0.2, 0) is 9.59 Å². The van der Waals surface area contributed by atoms with Gasteiger partial charge in [-0.2, -0.15) is 0 Å². The van der Waals surface area contributed by atoms with E-state index in [1.165, 1.54) is 0 Å². The average Bonchev–Trinajstić information content (AvgIpc) is 2.26. The van der Waals surface area contributed by atoms with Gasteiger partial charge in [0.05, 0.1) is 6.02 Å².